The first-order valence-electron chi connectivity index (χ1n) is 5.43. The Morgan fingerprint density at radius 1 is 1.61 bits per heavy atom. The summed E-state index contributed by atoms with van der Waals surface area (Å²) in [5.74, 6) is -4.06. The number of hydrogen-bond acceptors (Lipinski definition) is 3. The Morgan fingerprint density at radius 2 is 2.33 bits per heavy atom. The van der Waals surface area contributed by atoms with E-state index in [1.165, 1.54) is 6.07 Å². The Labute approximate surface area is 107 Å². The number of anilines is 1. The molecule has 2 rings (SSSR count). The fraction of sp³-hybridized carbons (Fsp3) is 0.455. The van der Waals surface area contributed by atoms with E-state index in [4.69, 9.17) is 16.7 Å². The minimum absolute atomic E-state index is 0.0591. The summed E-state index contributed by atoms with van der Waals surface area (Å²) in [4.78, 5) is 14.6. The van der Waals surface area contributed by atoms with E-state index in [1.54, 1.807) is 0 Å². The van der Waals surface area contributed by atoms with Gasteiger partial charge < -0.3 is 10.4 Å². The number of halogens is 3. The molecule has 0 bridgehead atoms. The van der Waals surface area contributed by atoms with Crippen molar-refractivity contribution in [3.8, 4) is 0 Å². The molecule has 1 aromatic heterocycles. The number of rotatable bonds is 3. The molecule has 18 heavy (non-hydrogen) atoms. The largest absolute Gasteiger partial charge is 0.478 e. The van der Waals surface area contributed by atoms with Crippen molar-refractivity contribution in [2.75, 3.05) is 5.32 Å². The van der Waals surface area contributed by atoms with E-state index < -0.39 is 17.9 Å². The quantitative estimate of drug-likeness (QED) is 0.833. The van der Waals surface area contributed by atoms with Gasteiger partial charge in [0, 0.05) is 12.6 Å². The highest BCUT2D eigenvalue weighted by Crippen LogP contribution is 2.37. The number of carboxylic acid groups (broad SMARTS) is 1. The molecule has 98 valence electrons. The van der Waals surface area contributed by atoms with E-state index in [0.29, 0.717) is 12.8 Å². The zero-order valence-corrected chi connectivity index (χ0v) is 10.0. The van der Waals surface area contributed by atoms with Crippen LogP contribution in [0.15, 0.2) is 12.3 Å². The van der Waals surface area contributed by atoms with Gasteiger partial charge in [-0.3, -0.25) is 0 Å². The molecule has 0 radical (unpaired) electrons. The van der Waals surface area contributed by atoms with Gasteiger partial charge in [0.15, 0.2) is 0 Å². The van der Waals surface area contributed by atoms with E-state index in [-0.39, 0.29) is 22.8 Å². The third-order valence-electron chi connectivity index (χ3n) is 2.94. The minimum atomic E-state index is -2.83. The van der Waals surface area contributed by atoms with Crippen LogP contribution >= 0.6 is 11.6 Å². The van der Waals surface area contributed by atoms with Crippen LogP contribution < -0.4 is 5.32 Å². The summed E-state index contributed by atoms with van der Waals surface area (Å²) in [6.07, 6.45) is 1.57. The van der Waals surface area contributed by atoms with Crippen LogP contribution in [-0.4, -0.2) is 28.0 Å². The summed E-state index contributed by atoms with van der Waals surface area (Å²) < 4.78 is 26.9. The molecular weight excluding hydrogens is 266 g/mol. The fourth-order valence-electron chi connectivity index (χ4n) is 2.01. The molecule has 1 aliphatic carbocycles. The molecule has 2 N–H and O–H groups in total. The molecule has 0 amide bonds. The van der Waals surface area contributed by atoms with Gasteiger partial charge in [-0.05, 0) is 18.9 Å². The first-order valence-corrected chi connectivity index (χ1v) is 5.81. The lowest BCUT2D eigenvalue weighted by Gasteiger charge is -2.22. The Hall–Kier alpha value is -1.43. The molecule has 7 heteroatoms. The Kier molecular flexibility index (Phi) is 3.38. The van der Waals surface area contributed by atoms with Gasteiger partial charge in [-0.2, -0.15) is 0 Å². The monoisotopic (exact) mass is 276 g/mol. The smallest absolute Gasteiger partial charge is 0.339 e. The van der Waals surface area contributed by atoms with Gasteiger partial charge in [0.25, 0.3) is 5.92 Å². The molecule has 1 saturated carbocycles. The number of carboxylic acids is 1. The second-order valence-corrected chi connectivity index (χ2v) is 4.60. The molecule has 1 aliphatic rings. The molecule has 4 nitrogen and oxygen atoms in total. The number of alkyl halides is 2. The number of hydrogen-bond donors (Lipinski definition) is 2. The van der Waals surface area contributed by atoms with Crippen LogP contribution in [0.4, 0.5) is 14.5 Å². The van der Waals surface area contributed by atoms with Gasteiger partial charge in [-0.25, -0.2) is 18.6 Å². The molecule has 1 atom stereocenters. The molecule has 1 aromatic rings. The average Bonchev–Trinajstić information content (AvgIpc) is 2.58. The second-order valence-electron chi connectivity index (χ2n) is 4.21. The summed E-state index contributed by atoms with van der Waals surface area (Å²) in [7, 11) is 0. The topological polar surface area (TPSA) is 62.2 Å². The van der Waals surface area contributed by atoms with Crippen molar-refractivity contribution in [2.24, 2.45) is 0 Å². The fourth-order valence-corrected chi connectivity index (χ4v) is 2.17. The third-order valence-corrected chi connectivity index (χ3v) is 3.15. The third kappa shape index (κ3) is 2.53. The highest BCUT2D eigenvalue weighted by Gasteiger charge is 2.44. The number of aromatic nitrogens is 1. The van der Waals surface area contributed by atoms with Crippen molar-refractivity contribution in [2.45, 2.75) is 31.2 Å². The number of pyridine rings is 1. The zero-order chi connectivity index (χ0) is 13.3. The van der Waals surface area contributed by atoms with E-state index in [9.17, 15) is 13.6 Å². The maximum absolute atomic E-state index is 13.5. The van der Waals surface area contributed by atoms with Gasteiger partial charge in [0.05, 0.1) is 11.7 Å². The highest BCUT2D eigenvalue weighted by atomic mass is 35.5. The molecule has 1 unspecified atom stereocenters. The maximum atomic E-state index is 13.5. The van der Waals surface area contributed by atoms with E-state index >= 15 is 0 Å². The van der Waals surface area contributed by atoms with Gasteiger partial charge in [0.2, 0.25) is 0 Å². The SMILES string of the molecule is O=C(O)c1cnc(Cl)cc1NC1CCCC1(F)F. The normalized spacial score (nSPS) is 21.8. The molecule has 0 aliphatic heterocycles. The van der Waals surface area contributed by atoms with Gasteiger partial charge in [-0.1, -0.05) is 11.6 Å². The minimum Gasteiger partial charge on any atom is -0.478 e. The van der Waals surface area contributed by atoms with Crippen molar-refractivity contribution >= 4 is 23.3 Å². The van der Waals surface area contributed by atoms with Crippen molar-refractivity contribution in [3.63, 3.8) is 0 Å². The summed E-state index contributed by atoms with van der Waals surface area (Å²) in [5.41, 5.74) is -0.0869. The van der Waals surface area contributed by atoms with Crippen LogP contribution in [0.25, 0.3) is 0 Å². The predicted molar refractivity (Wildman–Crippen MR) is 62.4 cm³/mol. The number of carbonyl (C=O) groups is 1. The lowest BCUT2D eigenvalue weighted by Crippen LogP contribution is -2.34. The van der Waals surface area contributed by atoms with Crippen LogP contribution in [0, 0.1) is 0 Å². The van der Waals surface area contributed by atoms with Crippen LogP contribution in [-0.2, 0) is 0 Å². The Morgan fingerprint density at radius 3 is 2.89 bits per heavy atom. The second kappa shape index (κ2) is 4.68. The van der Waals surface area contributed by atoms with E-state index in [0.717, 1.165) is 6.20 Å². The lowest BCUT2D eigenvalue weighted by atomic mass is 10.1. The van der Waals surface area contributed by atoms with Crippen LogP contribution in [0.2, 0.25) is 5.15 Å². The number of nitrogens with zero attached hydrogens (tertiary/aromatic N) is 1. The van der Waals surface area contributed by atoms with Gasteiger partial charge >= 0.3 is 5.97 Å². The molecule has 0 spiro atoms. The van der Waals surface area contributed by atoms with Gasteiger partial charge in [-0.15, -0.1) is 0 Å². The molecular formula is C11H11ClF2N2O2. The first-order chi connectivity index (χ1) is 8.40. The van der Waals surface area contributed by atoms with Crippen LogP contribution in [0.3, 0.4) is 0 Å². The molecule has 1 fully saturated rings. The van der Waals surface area contributed by atoms with Gasteiger partial charge in [0.1, 0.15) is 10.7 Å². The highest BCUT2D eigenvalue weighted by molar-refractivity contribution is 6.29. The Bertz CT molecular complexity index is 482. The summed E-state index contributed by atoms with van der Waals surface area (Å²) in [6, 6.07) is 0.188. The van der Waals surface area contributed by atoms with Crippen molar-refractivity contribution in [1.29, 1.82) is 0 Å². The lowest BCUT2D eigenvalue weighted by molar-refractivity contribution is -0.000655. The Balaban J connectivity index is 2.28. The van der Waals surface area contributed by atoms with Crippen molar-refractivity contribution in [3.05, 3.63) is 23.0 Å². The maximum Gasteiger partial charge on any atom is 0.339 e. The summed E-state index contributed by atoms with van der Waals surface area (Å²) in [6.45, 7) is 0. The zero-order valence-electron chi connectivity index (χ0n) is 9.29. The van der Waals surface area contributed by atoms with E-state index in [2.05, 4.69) is 10.3 Å². The van der Waals surface area contributed by atoms with Crippen LogP contribution in [0.1, 0.15) is 29.6 Å². The summed E-state index contributed by atoms with van der Waals surface area (Å²) in [5, 5.41) is 11.6. The number of nitrogens with one attached hydrogen (secondary N) is 1. The first kappa shape index (κ1) is 13.0. The predicted octanol–water partition coefficient (Wildman–Crippen LogP) is 3.03. The molecule has 0 aromatic carbocycles. The van der Waals surface area contributed by atoms with E-state index in [1.807, 2.05) is 0 Å². The van der Waals surface area contributed by atoms with Crippen molar-refractivity contribution in [1.82, 2.24) is 4.98 Å². The van der Waals surface area contributed by atoms with Crippen molar-refractivity contribution < 1.29 is 18.7 Å². The molecule has 1 heterocycles. The summed E-state index contributed by atoms with van der Waals surface area (Å²) >= 11 is 5.65. The standard InChI is InChI=1S/C11H11ClF2N2O2/c12-9-4-7(6(5-15-9)10(17)18)16-8-2-1-3-11(8,13)14/h4-5,8H,1-3H2,(H,15,16)(H,17,18). The molecule has 0 saturated heterocycles. The van der Waals surface area contributed by atoms with Crippen LogP contribution in [0.5, 0.6) is 0 Å². The average molecular weight is 277 g/mol. The number of aromatic carboxylic acids is 1.